The summed E-state index contributed by atoms with van der Waals surface area (Å²) in [5, 5.41) is 11.1. The van der Waals surface area contributed by atoms with Crippen LogP contribution in [0.5, 0.6) is 5.88 Å². The molecule has 1 aromatic rings. The van der Waals surface area contributed by atoms with Crippen molar-refractivity contribution < 1.29 is 9.66 Å². The molecule has 7 heteroatoms. The minimum absolute atomic E-state index is 0.000704. The van der Waals surface area contributed by atoms with Crippen molar-refractivity contribution in [3.8, 4) is 5.88 Å². The Morgan fingerprint density at radius 2 is 1.95 bits per heavy atom. The molecular formula is C13H20N4O3. The Morgan fingerprint density at radius 3 is 2.50 bits per heavy atom. The number of hydrogen-bond donors (Lipinski definition) is 1. The van der Waals surface area contributed by atoms with E-state index in [0.29, 0.717) is 5.41 Å². The second-order valence-electron chi connectivity index (χ2n) is 6.06. The van der Waals surface area contributed by atoms with Crippen LogP contribution in [-0.4, -0.2) is 21.0 Å². The van der Waals surface area contributed by atoms with Gasteiger partial charge in [0.2, 0.25) is 5.95 Å². The van der Waals surface area contributed by atoms with Crippen LogP contribution in [0.25, 0.3) is 0 Å². The summed E-state index contributed by atoms with van der Waals surface area (Å²) in [5.74, 6) is -0.0102. The van der Waals surface area contributed by atoms with Crippen molar-refractivity contribution in [3.63, 3.8) is 0 Å². The van der Waals surface area contributed by atoms with Crippen LogP contribution in [0.3, 0.4) is 0 Å². The van der Waals surface area contributed by atoms with Gasteiger partial charge in [-0.05, 0) is 38.0 Å². The van der Waals surface area contributed by atoms with E-state index in [-0.39, 0.29) is 29.3 Å². The van der Waals surface area contributed by atoms with Gasteiger partial charge in [-0.3, -0.25) is 10.1 Å². The molecule has 0 spiro atoms. The first-order valence-corrected chi connectivity index (χ1v) is 6.74. The second kappa shape index (κ2) is 5.22. The number of nitrogens with zero attached hydrogens (tertiary/aromatic N) is 3. The molecule has 0 amide bonds. The van der Waals surface area contributed by atoms with E-state index in [1.54, 1.807) is 0 Å². The molecule has 1 aromatic heterocycles. The van der Waals surface area contributed by atoms with Crippen molar-refractivity contribution in [2.45, 2.75) is 52.6 Å². The molecule has 7 nitrogen and oxygen atoms in total. The molecule has 2 rings (SSSR count). The molecule has 1 saturated carbocycles. The molecule has 1 aliphatic rings. The van der Waals surface area contributed by atoms with Gasteiger partial charge in [0.1, 0.15) is 11.8 Å². The molecule has 0 atom stereocenters. The summed E-state index contributed by atoms with van der Waals surface area (Å²) in [7, 11) is 0. The molecule has 0 saturated heterocycles. The summed E-state index contributed by atoms with van der Waals surface area (Å²) in [6.07, 6.45) is 3.76. The maximum Gasteiger partial charge on any atom is 0.352 e. The van der Waals surface area contributed by atoms with Crippen LogP contribution < -0.4 is 10.5 Å². The van der Waals surface area contributed by atoms with Crippen molar-refractivity contribution in [1.29, 1.82) is 0 Å². The highest BCUT2D eigenvalue weighted by molar-refractivity contribution is 5.47. The van der Waals surface area contributed by atoms with Gasteiger partial charge >= 0.3 is 5.69 Å². The van der Waals surface area contributed by atoms with Gasteiger partial charge in [0.05, 0.1) is 4.92 Å². The summed E-state index contributed by atoms with van der Waals surface area (Å²) >= 11 is 0. The number of hydrogen-bond acceptors (Lipinski definition) is 6. The van der Waals surface area contributed by atoms with E-state index in [2.05, 4.69) is 23.8 Å². The van der Waals surface area contributed by atoms with Gasteiger partial charge in [0.25, 0.3) is 5.88 Å². The van der Waals surface area contributed by atoms with Crippen molar-refractivity contribution >= 4 is 11.6 Å². The lowest BCUT2D eigenvalue weighted by Gasteiger charge is -2.33. The third-order valence-corrected chi connectivity index (χ3v) is 3.79. The summed E-state index contributed by atoms with van der Waals surface area (Å²) in [5.41, 5.74) is 5.90. The predicted molar refractivity (Wildman–Crippen MR) is 74.5 cm³/mol. The number of aromatic nitrogens is 2. The Hall–Kier alpha value is -1.92. The van der Waals surface area contributed by atoms with Crippen LogP contribution in [-0.2, 0) is 0 Å². The van der Waals surface area contributed by atoms with Crippen LogP contribution in [0, 0.1) is 22.5 Å². The smallest absolute Gasteiger partial charge is 0.352 e. The molecule has 1 aliphatic carbocycles. The van der Waals surface area contributed by atoms with Crippen LogP contribution in [0.1, 0.15) is 45.2 Å². The SMILES string of the molecule is Cc1nc(N)nc(OC2CCC(C)(C)CC2)c1[N+](=O)[O-]. The average molecular weight is 280 g/mol. The first-order valence-electron chi connectivity index (χ1n) is 6.74. The fraction of sp³-hybridized carbons (Fsp3) is 0.692. The number of nitro groups is 1. The molecule has 1 fully saturated rings. The van der Waals surface area contributed by atoms with Gasteiger partial charge in [-0.1, -0.05) is 13.8 Å². The van der Waals surface area contributed by atoms with Crippen LogP contribution in [0.4, 0.5) is 11.6 Å². The Bertz CT molecular complexity index is 521. The highest BCUT2D eigenvalue weighted by Crippen LogP contribution is 2.38. The molecule has 0 unspecified atom stereocenters. The largest absolute Gasteiger partial charge is 0.469 e. The highest BCUT2D eigenvalue weighted by Gasteiger charge is 2.31. The maximum atomic E-state index is 11.1. The Morgan fingerprint density at radius 1 is 1.35 bits per heavy atom. The number of ether oxygens (including phenoxy) is 1. The molecular weight excluding hydrogens is 260 g/mol. The lowest BCUT2D eigenvalue weighted by atomic mass is 9.76. The molecule has 0 aliphatic heterocycles. The third-order valence-electron chi connectivity index (χ3n) is 3.79. The normalized spacial score (nSPS) is 18.8. The van der Waals surface area contributed by atoms with Gasteiger partial charge in [-0.25, -0.2) is 4.98 Å². The molecule has 2 N–H and O–H groups in total. The van der Waals surface area contributed by atoms with Gasteiger partial charge in [0, 0.05) is 0 Å². The quantitative estimate of drug-likeness (QED) is 0.674. The van der Waals surface area contributed by atoms with E-state index in [0.717, 1.165) is 25.7 Å². The van der Waals surface area contributed by atoms with Gasteiger partial charge < -0.3 is 10.5 Å². The molecule has 110 valence electrons. The monoisotopic (exact) mass is 280 g/mol. The van der Waals surface area contributed by atoms with Crippen LogP contribution in [0.15, 0.2) is 0 Å². The first kappa shape index (κ1) is 14.5. The number of nitrogens with two attached hydrogens (primary N) is 1. The zero-order valence-electron chi connectivity index (χ0n) is 12.0. The number of aryl methyl sites for hydroxylation is 1. The predicted octanol–water partition coefficient (Wildman–Crippen LogP) is 2.62. The lowest BCUT2D eigenvalue weighted by Crippen LogP contribution is -2.29. The van der Waals surface area contributed by atoms with Crippen LogP contribution >= 0.6 is 0 Å². The standard InChI is InChI=1S/C13H20N4O3/c1-8-10(17(18)19)11(16-12(14)15-8)20-9-4-6-13(2,3)7-5-9/h9H,4-7H2,1-3H3,(H2,14,15,16). The topological polar surface area (TPSA) is 104 Å². The summed E-state index contributed by atoms with van der Waals surface area (Å²) < 4.78 is 5.73. The second-order valence-corrected chi connectivity index (χ2v) is 6.06. The minimum Gasteiger partial charge on any atom is -0.469 e. The first-order chi connectivity index (χ1) is 9.28. The van der Waals surface area contributed by atoms with E-state index in [9.17, 15) is 10.1 Å². The number of anilines is 1. The van der Waals surface area contributed by atoms with E-state index in [1.807, 2.05) is 0 Å². The molecule has 0 bridgehead atoms. The Labute approximate surface area is 117 Å². The molecule has 20 heavy (non-hydrogen) atoms. The zero-order chi connectivity index (χ0) is 14.9. The summed E-state index contributed by atoms with van der Waals surface area (Å²) in [4.78, 5) is 18.3. The van der Waals surface area contributed by atoms with Crippen molar-refractivity contribution in [3.05, 3.63) is 15.8 Å². The van der Waals surface area contributed by atoms with E-state index in [1.165, 1.54) is 6.92 Å². The summed E-state index contributed by atoms with van der Waals surface area (Å²) in [6, 6.07) is 0. The highest BCUT2D eigenvalue weighted by atomic mass is 16.6. The molecule has 1 heterocycles. The Kier molecular flexibility index (Phi) is 3.78. The van der Waals surface area contributed by atoms with E-state index >= 15 is 0 Å². The molecule has 0 aromatic carbocycles. The molecule has 0 radical (unpaired) electrons. The maximum absolute atomic E-state index is 11.1. The minimum atomic E-state index is -0.517. The van der Waals surface area contributed by atoms with Gasteiger partial charge in [-0.2, -0.15) is 4.98 Å². The summed E-state index contributed by atoms with van der Waals surface area (Å²) in [6.45, 7) is 5.98. The van der Waals surface area contributed by atoms with Crippen molar-refractivity contribution in [1.82, 2.24) is 9.97 Å². The van der Waals surface area contributed by atoms with E-state index in [4.69, 9.17) is 10.5 Å². The van der Waals surface area contributed by atoms with Crippen molar-refractivity contribution in [2.24, 2.45) is 5.41 Å². The number of rotatable bonds is 3. The van der Waals surface area contributed by atoms with Crippen molar-refractivity contribution in [2.75, 3.05) is 5.73 Å². The average Bonchev–Trinajstić information content (AvgIpc) is 2.30. The van der Waals surface area contributed by atoms with Gasteiger partial charge in [-0.15, -0.1) is 0 Å². The van der Waals surface area contributed by atoms with E-state index < -0.39 is 4.92 Å². The third kappa shape index (κ3) is 3.15. The number of nitrogen functional groups attached to an aromatic ring is 1. The van der Waals surface area contributed by atoms with Gasteiger partial charge in [0.15, 0.2) is 0 Å². The zero-order valence-corrected chi connectivity index (χ0v) is 12.0. The fourth-order valence-electron chi connectivity index (χ4n) is 2.50. The lowest BCUT2D eigenvalue weighted by molar-refractivity contribution is -0.387. The Balaban J connectivity index is 2.19. The fourth-order valence-corrected chi connectivity index (χ4v) is 2.50. The van der Waals surface area contributed by atoms with Crippen LogP contribution in [0.2, 0.25) is 0 Å².